The highest BCUT2D eigenvalue weighted by Crippen LogP contribution is 2.10. The molecule has 108 valence electrons. The first kappa shape index (κ1) is 16.1. The van der Waals surface area contributed by atoms with Crippen LogP contribution in [0.15, 0.2) is 53.5 Å². The molecule has 5 nitrogen and oxygen atoms in total. The number of carbonyl (C=O) groups excluding carboxylic acids is 1. The summed E-state index contributed by atoms with van der Waals surface area (Å²) in [6, 6.07) is 6.27. The van der Waals surface area contributed by atoms with E-state index in [2.05, 4.69) is 0 Å². The molecule has 6 heteroatoms. The van der Waals surface area contributed by atoms with Crippen LogP contribution in [0, 0.1) is 0 Å². The molecular weight excluding hydrogens is 276 g/mol. The fourth-order valence-corrected chi connectivity index (χ4v) is 2.43. The predicted octanol–water partition coefficient (Wildman–Crippen LogP) is 1.13. The van der Waals surface area contributed by atoms with E-state index in [0.29, 0.717) is 13.0 Å². The van der Waals surface area contributed by atoms with Crippen molar-refractivity contribution in [1.29, 1.82) is 0 Å². The van der Waals surface area contributed by atoms with Gasteiger partial charge >= 0.3 is 0 Å². The Morgan fingerprint density at radius 3 is 2.45 bits per heavy atom. The van der Waals surface area contributed by atoms with Crippen LogP contribution in [0.4, 0.5) is 0 Å². The molecule has 20 heavy (non-hydrogen) atoms. The Kier molecular flexibility index (Phi) is 6.14. The van der Waals surface area contributed by atoms with Crippen molar-refractivity contribution in [2.45, 2.75) is 18.2 Å². The fourth-order valence-electron chi connectivity index (χ4n) is 1.48. The van der Waals surface area contributed by atoms with E-state index in [0.717, 1.165) is 11.6 Å². The van der Waals surface area contributed by atoms with Crippen LogP contribution in [0.2, 0.25) is 0 Å². The fraction of sp³-hybridized carbons (Fsp3) is 0.214. The Labute approximate surface area is 119 Å². The van der Waals surface area contributed by atoms with Crippen molar-refractivity contribution in [3.63, 3.8) is 0 Å². The number of benzene rings is 1. The molecule has 0 atom stereocenters. The van der Waals surface area contributed by atoms with Crippen LogP contribution in [0.5, 0.6) is 0 Å². The van der Waals surface area contributed by atoms with Crippen LogP contribution in [0.1, 0.15) is 12.5 Å². The largest absolute Gasteiger partial charge is 0.330 e. The zero-order valence-corrected chi connectivity index (χ0v) is 12.1. The molecule has 3 N–H and O–H groups in total. The van der Waals surface area contributed by atoms with Crippen molar-refractivity contribution in [3.8, 4) is 0 Å². The smallest absolute Gasteiger partial charge is 0.264 e. The lowest BCUT2D eigenvalue weighted by Crippen LogP contribution is -2.28. The maximum Gasteiger partial charge on any atom is 0.264 e. The number of hydrogen-bond acceptors (Lipinski definition) is 4. The molecule has 0 aliphatic carbocycles. The molecule has 0 heterocycles. The monoisotopic (exact) mass is 294 g/mol. The number of hydrogen-bond donors (Lipinski definition) is 2. The molecule has 1 amide bonds. The van der Waals surface area contributed by atoms with Gasteiger partial charge in [-0.1, -0.05) is 30.4 Å². The average molecular weight is 294 g/mol. The van der Waals surface area contributed by atoms with Gasteiger partial charge < -0.3 is 5.73 Å². The first-order chi connectivity index (χ1) is 9.49. The van der Waals surface area contributed by atoms with Gasteiger partial charge in [0, 0.05) is 6.08 Å². The highest BCUT2D eigenvalue weighted by molar-refractivity contribution is 7.90. The van der Waals surface area contributed by atoms with Crippen molar-refractivity contribution >= 4 is 15.9 Å². The molecule has 0 bridgehead atoms. The quantitative estimate of drug-likeness (QED) is 0.608. The molecule has 0 saturated carbocycles. The summed E-state index contributed by atoms with van der Waals surface area (Å²) < 4.78 is 25.8. The number of allylic oxidation sites excluding steroid dienone is 3. The lowest BCUT2D eigenvalue weighted by Gasteiger charge is -2.05. The van der Waals surface area contributed by atoms with E-state index in [1.165, 1.54) is 18.2 Å². The first-order valence-corrected chi connectivity index (χ1v) is 7.63. The lowest BCUT2D eigenvalue weighted by atomic mass is 10.2. The molecule has 0 aliphatic rings. The molecule has 0 spiro atoms. The van der Waals surface area contributed by atoms with E-state index < -0.39 is 15.9 Å². The van der Waals surface area contributed by atoms with E-state index >= 15 is 0 Å². The van der Waals surface area contributed by atoms with Crippen LogP contribution in [-0.2, 0) is 21.2 Å². The summed E-state index contributed by atoms with van der Waals surface area (Å²) in [5.41, 5.74) is 6.37. The number of rotatable bonds is 6. The summed E-state index contributed by atoms with van der Waals surface area (Å²) in [6.07, 6.45) is 6.66. The summed E-state index contributed by atoms with van der Waals surface area (Å²) >= 11 is 0. The van der Waals surface area contributed by atoms with Gasteiger partial charge in [-0.2, -0.15) is 0 Å². The van der Waals surface area contributed by atoms with Gasteiger partial charge in [0.1, 0.15) is 0 Å². The summed E-state index contributed by atoms with van der Waals surface area (Å²) in [4.78, 5) is 11.5. The summed E-state index contributed by atoms with van der Waals surface area (Å²) in [6.45, 7) is 2.29. The minimum atomic E-state index is -3.83. The number of nitrogens with two attached hydrogens (primary N) is 1. The van der Waals surface area contributed by atoms with E-state index in [9.17, 15) is 13.2 Å². The van der Waals surface area contributed by atoms with Crippen LogP contribution in [0.25, 0.3) is 0 Å². The van der Waals surface area contributed by atoms with Crippen molar-refractivity contribution in [1.82, 2.24) is 4.72 Å². The number of sulfonamides is 1. The Morgan fingerprint density at radius 2 is 1.90 bits per heavy atom. The molecular formula is C14H18N2O3S. The second-order valence-electron chi connectivity index (χ2n) is 4.04. The Morgan fingerprint density at radius 1 is 1.25 bits per heavy atom. The maximum atomic E-state index is 11.9. The van der Waals surface area contributed by atoms with Crippen molar-refractivity contribution < 1.29 is 13.2 Å². The van der Waals surface area contributed by atoms with Crippen molar-refractivity contribution in [2.24, 2.45) is 5.73 Å². The topological polar surface area (TPSA) is 89.3 Å². The van der Waals surface area contributed by atoms with Gasteiger partial charge in [0.2, 0.25) is 0 Å². The second kappa shape index (κ2) is 7.62. The minimum Gasteiger partial charge on any atom is -0.330 e. The predicted molar refractivity (Wildman–Crippen MR) is 78.5 cm³/mol. The normalized spacial score (nSPS) is 12.1. The van der Waals surface area contributed by atoms with Crippen LogP contribution in [-0.4, -0.2) is 20.9 Å². The minimum absolute atomic E-state index is 0.0473. The summed E-state index contributed by atoms with van der Waals surface area (Å²) in [7, 11) is -3.83. The number of amides is 1. The van der Waals surface area contributed by atoms with Crippen molar-refractivity contribution in [3.05, 3.63) is 54.1 Å². The van der Waals surface area contributed by atoms with Gasteiger partial charge in [-0.05, 0) is 37.6 Å². The Bertz CT molecular complexity index is 602. The Hall–Kier alpha value is -1.92. The van der Waals surface area contributed by atoms with Crippen molar-refractivity contribution in [2.75, 3.05) is 6.54 Å². The van der Waals surface area contributed by atoms with Gasteiger partial charge in [0.05, 0.1) is 4.90 Å². The highest BCUT2D eigenvalue weighted by atomic mass is 32.2. The molecule has 0 radical (unpaired) electrons. The zero-order chi connectivity index (χ0) is 15.0. The van der Waals surface area contributed by atoms with E-state index in [4.69, 9.17) is 5.73 Å². The maximum absolute atomic E-state index is 11.9. The average Bonchev–Trinajstić information content (AvgIpc) is 2.39. The van der Waals surface area contributed by atoms with Gasteiger partial charge in [0.25, 0.3) is 15.9 Å². The van der Waals surface area contributed by atoms with Gasteiger partial charge in [-0.15, -0.1) is 0 Å². The molecule has 0 fully saturated rings. The van der Waals surface area contributed by atoms with E-state index in [-0.39, 0.29) is 4.90 Å². The SMILES string of the molecule is C/C=C/C=C/C(=O)NS(=O)(=O)c1ccc(CCN)cc1. The molecule has 1 aromatic carbocycles. The highest BCUT2D eigenvalue weighted by Gasteiger charge is 2.15. The molecule has 0 unspecified atom stereocenters. The second-order valence-corrected chi connectivity index (χ2v) is 5.72. The molecule has 1 rings (SSSR count). The third-order valence-corrected chi connectivity index (χ3v) is 3.82. The van der Waals surface area contributed by atoms with E-state index in [1.54, 1.807) is 31.2 Å². The summed E-state index contributed by atoms with van der Waals surface area (Å²) in [5.74, 6) is -0.686. The third kappa shape index (κ3) is 4.99. The van der Waals surface area contributed by atoms with E-state index in [1.807, 2.05) is 4.72 Å². The van der Waals surface area contributed by atoms with Gasteiger partial charge in [-0.25, -0.2) is 13.1 Å². The third-order valence-electron chi connectivity index (χ3n) is 2.45. The van der Waals surface area contributed by atoms with Crippen LogP contribution < -0.4 is 10.5 Å². The molecule has 1 aromatic rings. The number of nitrogens with one attached hydrogen (secondary N) is 1. The molecule has 0 saturated heterocycles. The molecule has 0 aliphatic heterocycles. The van der Waals surface area contributed by atoms with Gasteiger partial charge in [-0.3, -0.25) is 4.79 Å². The Balaban J connectivity index is 2.80. The lowest BCUT2D eigenvalue weighted by molar-refractivity contribution is -0.114. The molecule has 0 aromatic heterocycles. The first-order valence-electron chi connectivity index (χ1n) is 6.14. The zero-order valence-electron chi connectivity index (χ0n) is 11.2. The number of carbonyl (C=O) groups is 1. The van der Waals surface area contributed by atoms with Gasteiger partial charge in [0.15, 0.2) is 0 Å². The summed E-state index contributed by atoms with van der Waals surface area (Å²) in [5, 5.41) is 0. The standard InChI is InChI=1S/C14H18N2O3S/c1-2-3-4-5-14(17)16-20(18,19)13-8-6-12(7-9-13)10-11-15/h2-9H,10-11,15H2,1H3,(H,16,17)/b3-2+,5-4+. The van der Waals surface area contributed by atoms with Crippen LogP contribution >= 0.6 is 0 Å². The van der Waals surface area contributed by atoms with Crippen LogP contribution in [0.3, 0.4) is 0 Å².